The molecular weight excluding hydrogens is 162 g/mol. The van der Waals surface area contributed by atoms with Crippen molar-refractivity contribution in [2.45, 2.75) is 25.3 Å². The minimum absolute atomic E-state index is 0.176. The molecule has 0 aliphatic rings. The predicted octanol–water partition coefficient (Wildman–Crippen LogP) is 1.33. The van der Waals surface area contributed by atoms with E-state index in [1.807, 2.05) is 18.2 Å². The first-order chi connectivity index (χ1) is 6.33. The van der Waals surface area contributed by atoms with Crippen molar-refractivity contribution >= 4 is 0 Å². The fraction of sp³-hybridized carbons (Fsp3) is 0.455. The Kier molecular flexibility index (Phi) is 4.50. The van der Waals surface area contributed by atoms with Crippen LogP contribution in [0.3, 0.4) is 0 Å². The Morgan fingerprint density at radius 1 is 1.23 bits per heavy atom. The van der Waals surface area contributed by atoms with Crippen molar-refractivity contribution in [3.8, 4) is 0 Å². The summed E-state index contributed by atoms with van der Waals surface area (Å²) < 4.78 is 0. The third kappa shape index (κ3) is 4.06. The molecule has 1 rings (SSSR count). The van der Waals surface area contributed by atoms with Gasteiger partial charge >= 0.3 is 0 Å². The van der Waals surface area contributed by atoms with Gasteiger partial charge in [0.2, 0.25) is 0 Å². The third-order valence-electron chi connectivity index (χ3n) is 2.07. The second kappa shape index (κ2) is 5.73. The monoisotopic (exact) mass is 179 g/mol. The highest BCUT2D eigenvalue weighted by molar-refractivity contribution is 5.15. The van der Waals surface area contributed by atoms with E-state index >= 15 is 0 Å². The number of aliphatic hydroxyl groups is 1. The van der Waals surface area contributed by atoms with E-state index in [2.05, 4.69) is 12.1 Å². The minimum atomic E-state index is 0.176. The van der Waals surface area contributed by atoms with Crippen molar-refractivity contribution < 1.29 is 5.11 Å². The van der Waals surface area contributed by atoms with Crippen LogP contribution in [0.1, 0.15) is 18.4 Å². The summed E-state index contributed by atoms with van der Waals surface area (Å²) in [4.78, 5) is 0. The summed E-state index contributed by atoms with van der Waals surface area (Å²) in [6, 6.07) is 10.4. The van der Waals surface area contributed by atoms with Crippen molar-refractivity contribution in [3.63, 3.8) is 0 Å². The molecule has 2 nitrogen and oxygen atoms in total. The molecule has 0 heterocycles. The summed E-state index contributed by atoms with van der Waals surface area (Å²) in [7, 11) is 0. The Balaban J connectivity index is 2.32. The van der Waals surface area contributed by atoms with Crippen molar-refractivity contribution in [3.05, 3.63) is 35.9 Å². The maximum Gasteiger partial charge on any atom is 0.0431 e. The van der Waals surface area contributed by atoms with Crippen molar-refractivity contribution in [2.24, 2.45) is 5.73 Å². The molecule has 13 heavy (non-hydrogen) atoms. The topological polar surface area (TPSA) is 46.2 Å². The van der Waals surface area contributed by atoms with Gasteiger partial charge in [0.25, 0.3) is 0 Å². The highest BCUT2D eigenvalue weighted by Gasteiger charge is 2.02. The van der Waals surface area contributed by atoms with Crippen LogP contribution in [0.4, 0.5) is 0 Å². The number of rotatable bonds is 5. The van der Waals surface area contributed by atoms with Gasteiger partial charge in [-0.3, -0.25) is 0 Å². The molecule has 0 aromatic heterocycles. The second-order valence-corrected chi connectivity index (χ2v) is 3.32. The SMILES string of the molecule is NC(CCCO)Cc1ccccc1. The van der Waals surface area contributed by atoms with Gasteiger partial charge in [-0.2, -0.15) is 0 Å². The van der Waals surface area contributed by atoms with Crippen molar-refractivity contribution in [2.75, 3.05) is 6.61 Å². The van der Waals surface area contributed by atoms with Gasteiger partial charge in [0, 0.05) is 12.6 Å². The lowest BCUT2D eigenvalue weighted by Gasteiger charge is -2.10. The van der Waals surface area contributed by atoms with Crippen LogP contribution in [0.15, 0.2) is 30.3 Å². The molecule has 72 valence electrons. The predicted molar refractivity (Wildman–Crippen MR) is 54.4 cm³/mol. The van der Waals surface area contributed by atoms with Crippen LogP contribution >= 0.6 is 0 Å². The van der Waals surface area contributed by atoms with Gasteiger partial charge in [0.1, 0.15) is 0 Å². The summed E-state index contributed by atoms with van der Waals surface area (Å²) in [5, 5.41) is 8.63. The summed E-state index contributed by atoms with van der Waals surface area (Å²) in [6.45, 7) is 0.239. The fourth-order valence-electron chi connectivity index (χ4n) is 1.37. The van der Waals surface area contributed by atoms with Gasteiger partial charge in [0.05, 0.1) is 0 Å². The van der Waals surface area contributed by atoms with E-state index in [1.54, 1.807) is 0 Å². The lowest BCUT2D eigenvalue weighted by molar-refractivity contribution is 0.279. The Hall–Kier alpha value is -0.860. The molecule has 3 N–H and O–H groups in total. The molecule has 0 aliphatic heterocycles. The average molecular weight is 179 g/mol. The quantitative estimate of drug-likeness (QED) is 0.716. The third-order valence-corrected chi connectivity index (χ3v) is 2.07. The molecule has 2 heteroatoms. The molecule has 0 spiro atoms. The lowest BCUT2D eigenvalue weighted by Crippen LogP contribution is -2.22. The standard InChI is InChI=1S/C11H17NO/c12-11(7-4-8-13)9-10-5-2-1-3-6-10/h1-3,5-6,11,13H,4,7-9,12H2. The maximum atomic E-state index is 8.63. The zero-order valence-electron chi connectivity index (χ0n) is 7.82. The van der Waals surface area contributed by atoms with E-state index in [0.29, 0.717) is 0 Å². The average Bonchev–Trinajstić information content (AvgIpc) is 2.16. The molecule has 0 bridgehead atoms. The summed E-state index contributed by atoms with van der Waals surface area (Å²) in [5.74, 6) is 0. The summed E-state index contributed by atoms with van der Waals surface area (Å²) in [6.07, 6.45) is 2.60. The van der Waals surface area contributed by atoms with Gasteiger partial charge in [-0.25, -0.2) is 0 Å². The second-order valence-electron chi connectivity index (χ2n) is 3.32. The number of hydrogen-bond donors (Lipinski definition) is 2. The highest BCUT2D eigenvalue weighted by atomic mass is 16.2. The van der Waals surface area contributed by atoms with Crippen LogP contribution in [0.5, 0.6) is 0 Å². The molecule has 1 aromatic rings. The van der Waals surface area contributed by atoms with E-state index in [1.165, 1.54) is 5.56 Å². The highest BCUT2D eigenvalue weighted by Crippen LogP contribution is 2.05. The van der Waals surface area contributed by atoms with Gasteiger partial charge in [-0.15, -0.1) is 0 Å². The zero-order valence-corrected chi connectivity index (χ0v) is 7.82. The molecule has 0 amide bonds. The van der Waals surface area contributed by atoms with Crippen molar-refractivity contribution in [1.82, 2.24) is 0 Å². The van der Waals surface area contributed by atoms with Gasteiger partial charge < -0.3 is 10.8 Å². The largest absolute Gasteiger partial charge is 0.396 e. The molecule has 1 atom stereocenters. The molecule has 0 saturated heterocycles. The van der Waals surface area contributed by atoms with Crippen molar-refractivity contribution in [1.29, 1.82) is 0 Å². The lowest BCUT2D eigenvalue weighted by atomic mass is 10.0. The number of hydrogen-bond acceptors (Lipinski definition) is 2. The van der Waals surface area contributed by atoms with E-state index in [4.69, 9.17) is 10.8 Å². The molecule has 0 fully saturated rings. The van der Waals surface area contributed by atoms with Gasteiger partial charge in [-0.05, 0) is 24.8 Å². The van der Waals surface area contributed by atoms with Crippen LogP contribution in [0.25, 0.3) is 0 Å². The molecule has 0 radical (unpaired) electrons. The number of aliphatic hydroxyl groups excluding tert-OH is 1. The first kappa shape index (κ1) is 10.2. The Morgan fingerprint density at radius 2 is 1.92 bits per heavy atom. The first-order valence-electron chi connectivity index (χ1n) is 4.73. The number of nitrogens with two attached hydrogens (primary N) is 1. The van der Waals surface area contributed by atoms with E-state index < -0.39 is 0 Å². The molecular formula is C11H17NO. The van der Waals surface area contributed by atoms with Crippen LogP contribution in [-0.4, -0.2) is 17.8 Å². The molecule has 0 aliphatic carbocycles. The van der Waals surface area contributed by atoms with E-state index in [9.17, 15) is 0 Å². The Labute approximate surface area is 79.4 Å². The first-order valence-corrected chi connectivity index (χ1v) is 4.73. The smallest absolute Gasteiger partial charge is 0.0431 e. The van der Waals surface area contributed by atoms with Gasteiger partial charge in [0.15, 0.2) is 0 Å². The molecule has 1 aromatic carbocycles. The number of benzene rings is 1. The fourth-order valence-corrected chi connectivity index (χ4v) is 1.37. The Morgan fingerprint density at radius 3 is 2.54 bits per heavy atom. The minimum Gasteiger partial charge on any atom is -0.396 e. The zero-order chi connectivity index (χ0) is 9.52. The summed E-state index contributed by atoms with van der Waals surface area (Å²) >= 11 is 0. The molecule has 0 saturated carbocycles. The van der Waals surface area contributed by atoms with Gasteiger partial charge in [-0.1, -0.05) is 30.3 Å². The van der Waals surface area contributed by atoms with E-state index in [-0.39, 0.29) is 12.6 Å². The summed E-state index contributed by atoms with van der Waals surface area (Å²) in [5.41, 5.74) is 7.15. The Bertz CT molecular complexity index is 223. The van der Waals surface area contributed by atoms with Crippen LogP contribution < -0.4 is 5.73 Å². The van der Waals surface area contributed by atoms with Crippen LogP contribution in [-0.2, 0) is 6.42 Å². The van der Waals surface area contributed by atoms with Crippen LogP contribution in [0, 0.1) is 0 Å². The van der Waals surface area contributed by atoms with Crippen LogP contribution in [0.2, 0.25) is 0 Å². The normalized spacial score (nSPS) is 12.8. The molecule has 1 unspecified atom stereocenters. The maximum absolute atomic E-state index is 8.63. The van der Waals surface area contributed by atoms with E-state index in [0.717, 1.165) is 19.3 Å².